The number of aromatic nitrogens is 2. The first-order valence-corrected chi connectivity index (χ1v) is 10.3. The predicted octanol–water partition coefficient (Wildman–Crippen LogP) is 6.16. The highest BCUT2D eigenvalue weighted by atomic mass is 19.3. The molecule has 0 aliphatic heterocycles. The summed E-state index contributed by atoms with van der Waals surface area (Å²) in [6, 6.07) is 8.40. The van der Waals surface area contributed by atoms with E-state index >= 15 is 0 Å². The Morgan fingerprint density at radius 1 is 1.23 bits per heavy atom. The van der Waals surface area contributed by atoms with Gasteiger partial charge in [-0.05, 0) is 48.9 Å². The van der Waals surface area contributed by atoms with Gasteiger partial charge in [-0.15, -0.1) is 0 Å². The van der Waals surface area contributed by atoms with Gasteiger partial charge >= 0.3 is 0 Å². The van der Waals surface area contributed by atoms with Gasteiger partial charge in [-0.25, -0.2) is 18.2 Å². The topological polar surface area (TPSA) is 57.8 Å². The number of carbonyl (C=O) groups excluding carboxylic acids is 1. The predicted molar refractivity (Wildman–Crippen MR) is 114 cm³/mol. The molecule has 2 N–H and O–H groups in total. The Labute approximate surface area is 178 Å². The van der Waals surface area contributed by atoms with E-state index in [9.17, 15) is 18.0 Å². The van der Waals surface area contributed by atoms with Gasteiger partial charge in [0.15, 0.2) is 0 Å². The number of halogens is 3. The molecule has 1 aromatic heterocycles. The Bertz CT molecular complexity index is 1180. The van der Waals surface area contributed by atoms with Crippen LogP contribution in [0, 0.1) is 17.7 Å². The van der Waals surface area contributed by atoms with Gasteiger partial charge in [-0.2, -0.15) is 0 Å². The summed E-state index contributed by atoms with van der Waals surface area (Å²) in [4.78, 5) is 20.0. The lowest BCUT2D eigenvalue weighted by atomic mass is 9.84. The third kappa shape index (κ3) is 4.09. The number of H-pyrrole nitrogens is 1. The highest BCUT2D eigenvalue weighted by Gasteiger charge is 2.31. The molecule has 1 aliphatic carbocycles. The van der Waals surface area contributed by atoms with E-state index in [-0.39, 0.29) is 23.2 Å². The molecule has 4 nitrogen and oxygen atoms in total. The zero-order chi connectivity index (χ0) is 22.3. The number of allylic oxidation sites excluding steroid dienone is 2. The van der Waals surface area contributed by atoms with Crippen LogP contribution < -0.4 is 5.32 Å². The summed E-state index contributed by atoms with van der Waals surface area (Å²) in [5.74, 6) is -3.52. The van der Waals surface area contributed by atoms with Crippen LogP contribution in [-0.2, 0) is 5.92 Å². The summed E-state index contributed by atoms with van der Waals surface area (Å²) < 4.78 is 42.5. The van der Waals surface area contributed by atoms with Crippen LogP contribution in [0.2, 0.25) is 0 Å². The van der Waals surface area contributed by atoms with E-state index in [1.54, 1.807) is 18.2 Å². The quantitative estimate of drug-likeness (QED) is 0.524. The number of aromatic amines is 1. The molecule has 2 aromatic carbocycles. The van der Waals surface area contributed by atoms with Crippen molar-refractivity contribution >= 4 is 16.9 Å². The van der Waals surface area contributed by atoms with E-state index in [4.69, 9.17) is 0 Å². The third-order valence-corrected chi connectivity index (χ3v) is 6.06. The Kier molecular flexibility index (Phi) is 5.37. The fourth-order valence-electron chi connectivity index (χ4n) is 4.01. The van der Waals surface area contributed by atoms with Crippen LogP contribution in [0.5, 0.6) is 0 Å². The van der Waals surface area contributed by atoms with E-state index in [0.29, 0.717) is 22.5 Å². The van der Waals surface area contributed by atoms with Crippen molar-refractivity contribution in [1.82, 2.24) is 15.3 Å². The monoisotopic (exact) mass is 427 g/mol. The van der Waals surface area contributed by atoms with Crippen molar-refractivity contribution in [1.29, 1.82) is 0 Å². The number of carbonyl (C=O) groups is 1. The maximum Gasteiger partial charge on any atom is 0.271 e. The lowest BCUT2D eigenvalue weighted by Gasteiger charge is -2.27. The second kappa shape index (κ2) is 7.87. The maximum absolute atomic E-state index is 14.5. The summed E-state index contributed by atoms with van der Waals surface area (Å²) in [5, 5.41) is 2.99. The van der Waals surface area contributed by atoms with Crippen molar-refractivity contribution in [2.45, 2.75) is 39.5 Å². The SMILES string of the molecule is CC1C(NC(=O)c2ccc3nc(-c4c(F)cccc4C(C)(F)F)[nH]c3c2)=CCC[C@H]1C. The number of fused-ring (bicyclic) bond motifs is 1. The molecule has 0 fully saturated rings. The van der Waals surface area contributed by atoms with Crippen LogP contribution in [0.4, 0.5) is 13.2 Å². The van der Waals surface area contributed by atoms with Gasteiger partial charge in [0, 0.05) is 23.7 Å². The fourth-order valence-corrected chi connectivity index (χ4v) is 4.01. The lowest BCUT2D eigenvalue weighted by Crippen LogP contribution is -2.30. The Hall–Kier alpha value is -3.09. The Balaban J connectivity index is 1.67. The number of imidazole rings is 1. The van der Waals surface area contributed by atoms with E-state index in [0.717, 1.165) is 31.5 Å². The zero-order valence-electron chi connectivity index (χ0n) is 17.6. The first-order chi connectivity index (χ1) is 14.6. The number of benzene rings is 2. The standard InChI is InChI=1S/C24H24F3N3O/c1-13-6-4-9-18(14(13)2)30-23(31)15-10-11-19-20(12-15)29-22(28-19)21-16(24(3,26)27)7-5-8-17(21)25/h5,7-14H,4,6H2,1-3H3,(H,28,29)(H,30,31)/t13-,14?/m1/s1. The fraction of sp³-hybridized carbons (Fsp3) is 0.333. The van der Waals surface area contributed by atoms with Gasteiger partial charge in [0.25, 0.3) is 11.8 Å². The van der Waals surface area contributed by atoms with Gasteiger partial charge in [0.2, 0.25) is 0 Å². The molecule has 4 rings (SSSR count). The van der Waals surface area contributed by atoms with Crippen LogP contribution in [-0.4, -0.2) is 15.9 Å². The molecule has 162 valence electrons. The number of hydrogen-bond donors (Lipinski definition) is 2. The average molecular weight is 427 g/mol. The molecule has 1 unspecified atom stereocenters. The minimum absolute atomic E-state index is 0.000353. The van der Waals surface area contributed by atoms with E-state index in [1.165, 1.54) is 12.1 Å². The molecule has 0 bridgehead atoms. The molecule has 0 saturated carbocycles. The van der Waals surface area contributed by atoms with Gasteiger partial charge in [0.05, 0.1) is 16.6 Å². The number of hydrogen-bond acceptors (Lipinski definition) is 2. The highest BCUT2D eigenvalue weighted by Crippen LogP contribution is 2.37. The van der Waals surface area contributed by atoms with Crippen molar-refractivity contribution in [3.05, 3.63) is 65.1 Å². The maximum atomic E-state index is 14.5. The summed E-state index contributed by atoms with van der Waals surface area (Å²) >= 11 is 0. The number of rotatable bonds is 4. The average Bonchev–Trinajstić information content (AvgIpc) is 3.13. The second-order valence-corrected chi connectivity index (χ2v) is 8.33. The van der Waals surface area contributed by atoms with Crippen molar-refractivity contribution in [2.75, 3.05) is 0 Å². The van der Waals surface area contributed by atoms with Gasteiger partial charge in [-0.3, -0.25) is 4.79 Å². The van der Waals surface area contributed by atoms with Gasteiger partial charge in [-0.1, -0.05) is 32.1 Å². The van der Waals surface area contributed by atoms with Crippen molar-refractivity contribution < 1.29 is 18.0 Å². The van der Waals surface area contributed by atoms with Crippen LogP contribution in [0.15, 0.2) is 48.2 Å². The largest absolute Gasteiger partial charge is 0.338 e. The molecule has 31 heavy (non-hydrogen) atoms. The molecule has 3 aromatic rings. The van der Waals surface area contributed by atoms with Crippen LogP contribution >= 0.6 is 0 Å². The first kappa shape index (κ1) is 21.2. The zero-order valence-corrected chi connectivity index (χ0v) is 17.6. The summed E-state index contributed by atoms with van der Waals surface area (Å²) in [5.41, 5.74) is 1.53. The lowest BCUT2D eigenvalue weighted by molar-refractivity contribution is 0.0177. The number of nitrogens with zero attached hydrogens (tertiary/aromatic N) is 1. The minimum Gasteiger partial charge on any atom is -0.338 e. The van der Waals surface area contributed by atoms with Gasteiger partial charge in [0.1, 0.15) is 11.6 Å². The molecule has 0 radical (unpaired) electrons. The summed E-state index contributed by atoms with van der Waals surface area (Å²) in [6.45, 7) is 4.98. The molecular formula is C24H24F3N3O. The van der Waals surface area contributed by atoms with E-state index in [2.05, 4.69) is 35.2 Å². The van der Waals surface area contributed by atoms with Crippen molar-refractivity contribution in [3.8, 4) is 11.4 Å². The molecule has 1 heterocycles. The van der Waals surface area contributed by atoms with Crippen molar-refractivity contribution in [3.63, 3.8) is 0 Å². The number of nitrogens with one attached hydrogen (secondary N) is 2. The van der Waals surface area contributed by atoms with Crippen molar-refractivity contribution in [2.24, 2.45) is 11.8 Å². The van der Waals surface area contributed by atoms with Crippen LogP contribution in [0.25, 0.3) is 22.4 Å². The van der Waals surface area contributed by atoms with Crippen LogP contribution in [0.1, 0.15) is 49.5 Å². The van der Waals surface area contributed by atoms with Gasteiger partial charge < -0.3 is 10.3 Å². The number of amides is 1. The number of alkyl halides is 2. The van der Waals surface area contributed by atoms with E-state index in [1.807, 2.05) is 0 Å². The molecule has 1 amide bonds. The van der Waals surface area contributed by atoms with Crippen LogP contribution in [0.3, 0.4) is 0 Å². The molecule has 0 spiro atoms. The minimum atomic E-state index is -3.23. The highest BCUT2D eigenvalue weighted by molar-refractivity contribution is 5.98. The first-order valence-electron chi connectivity index (χ1n) is 10.3. The smallest absolute Gasteiger partial charge is 0.271 e. The molecule has 1 aliphatic rings. The normalized spacial score (nSPS) is 19.4. The third-order valence-electron chi connectivity index (χ3n) is 6.06. The Morgan fingerprint density at radius 3 is 2.74 bits per heavy atom. The molecule has 2 atom stereocenters. The molecule has 0 saturated heterocycles. The molecular weight excluding hydrogens is 403 g/mol. The second-order valence-electron chi connectivity index (χ2n) is 8.33. The Morgan fingerprint density at radius 2 is 2.00 bits per heavy atom. The summed E-state index contributed by atoms with van der Waals surface area (Å²) in [7, 11) is 0. The van der Waals surface area contributed by atoms with E-state index < -0.39 is 17.3 Å². The molecule has 7 heteroatoms. The summed E-state index contributed by atoms with van der Waals surface area (Å²) in [6.07, 6.45) is 4.08.